The van der Waals surface area contributed by atoms with Crippen LogP contribution in [0.15, 0.2) is 42.5 Å². The molecule has 1 atom stereocenters. The first kappa shape index (κ1) is 28.8. The Kier molecular flexibility index (Phi) is 8.48. The van der Waals surface area contributed by atoms with E-state index in [1.807, 2.05) is 0 Å². The Balaban J connectivity index is 1.22. The van der Waals surface area contributed by atoms with Crippen molar-refractivity contribution in [3.63, 3.8) is 0 Å². The van der Waals surface area contributed by atoms with E-state index in [0.717, 1.165) is 42.8 Å². The standard InChI is InChI=1S/C29H34ClN5O6/c30-19-3-10-23(31)24(16-19)34-13-14-35(28(39)27(34)38)25(29(40)41)15-18-1-4-21(5-2-18)33-12-11-32(17-26(33)37)20-6-8-22(36)9-7-20/h1-5,10,16,20,22,25,36H,6-9,11-15,17,31H2,(H,40,41)/t20?,22?,25-/m0/s1. The van der Waals surface area contributed by atoms with Gasteiger partial charge in [-0.25, -0.2) is 4.79 Å². The van der Waals surface area contributed by atoms with Gasteiger partial charge in [-0.2, -0.15) is 0 Å². The first-order valence-corrected chi connectivity index (χ1v) is 14.2. The highest BCUT2D eigenvalue weighted by Crippen LogP contribution is 2.30. The minimum absolute atomic E-state index is 0.000791. The zero-order chi connectivity index (χ0) is 29.3. The number of nitrogens with zero attached hydrogens (tertiary/aromatic N) is 4. The number of aliphatic hydroxyl groups is 1. The largest absolute Gasteiger partial charge is 0.480 e. The number of hydrogen-bond acceptors (Lipinski definition) is 7. The maximum Gasteiger partial charge on any atom is 0.326 e. The quantitative estimate of drug-likeness (QED) is 0.330. The molecule has 3 fully saturated rings. The molecule has 12 heteroatoms. The minimum Gasteiger partial charge on any atom is -0.480 e. The molecule has 0 bridgehead atoms. The minimum atomic E-state index is -1.24. The van der Waals surface area contributed by atoms with E-state index >= 15 is 0 Å². The fourth-order valence-corrected chi connectivity index (χ4v) is 6.16. The number of benzene rings is 2. The molecule has 2 aromatic carbocycles. The maximum atomic E-state index is 13.0. The third-order valence-corrected chi connectivity index (χ3v) is 8.54. The summed E-state index contributed by atoms with van der Waals surface area (Å²) in [6, 6.07) is 10.8. The van der Waals surface area contributed by atoms with Crippen molar-refractivity contribution < 1.29 is 29.4 Å². The number of nitrogens with two attached hydrogens (primary N) is 1. The van der Waals surface area contributed by atoms with Crippen LogP contribution in [0.2, 0.25) is 5.02 Å². The molecule has 0 aromatic heterocycles. The lowest BCUT2D eigenvalue weighted by Gasteiger charge is -2.41. The van der Waals surface area contributed by atoms with Gasteiger partial charge in [0.1, 0.15) is 6.04 Å². The number of carboxylic acid groups (broad SMARTS) is 1. The van der Waals surface area contributed by atoms with Gasteiger partial charge in [-0.15, -0.1) is 0 Å². The summed E-state index contributed by atoms with van der Waals surface area (Å²) in [6.07, 6.45) is 3.09. The molecule has 5 rings (SSSR count). The van der Waals surface area contributed by atoms with Gasteiger partial charge in [-0.3, -0.25) is 19.3 Å². The molecule has 0 spiro atoms. The van der Waals surface area contributed by atoms with Gasteiger partial charge in [0.15, 0.2) is 0 Å². The summed E-state index contributed by atoms with van der Waals surface area (Å²) in [5, 5.41) is 20.1. The molecule has 218 valence electrons. The van der Waals surface area contributed by atoms with Crippen LogP contribution in [0.4, 0.5) is 17.1 Å². The van der Waals surface area contributed by atoms with Crippen LogP contribution >= 0.6 is 11.6 Å². The predicted octanol–water partition coefficient (Wildman–Crippen LogP) is 1.75. The number of anilines is 3. The zero-order valence-corrected chi connectivity index (χ0v) is 23.4. The highest BCUT2D eigenvalue weighted by molar-refractivity contribution is 6.41. The third-order valence-electron chi connectivity index (χ3n) is 8.31. The lowest BCUT2D eigenvalue weighted by molar-refractivity contribution is -0.155. The molecule has 2 aromatic rings. The predicted molar refractivity (Wildman–Crippen MR) is 154 cm³/mol. The third kappa shape index (κ3) is 6.17. The van der Waals surface area contributed by atoms with E-state index in [0.29, 0.717) is 35.4 Å². The van der Waals surface area contributed by atoms with Crippen molar-refractivity contribution in [2.24, 2.45) is 0 Å². The van der Waals surface area contributed by atoms with E-state index in [-0.39, 0.29) is 37.2 Å². The number of halogens is 1. The molecule has 1 aliphatic carbocycles. The molecule has 2 aliphatic heterocycles. The van der Waals surface area contributed by atoms with Gasteiger partial charge in [0.25, 0.3) is 0 Å². The number of piperazine rings is 2. The SMILES string of the molecule is Nc1ccc(Cl)cc1N1CCN([C@@H](Cc2ccc(N3CCN(C4CCC(O)CC4)CC3=O)cc2)C(=O)O)C(=O)C1=O. The molecular weight excluding hydrogens is 550 g/mol. The summed E-state index contributed by atoms with van der Waals surface area (Å²) in [7, 11) is 0. The van der Waals surface area contributed by atoms with Crippen molar-refractivity contribution in [1.29, 1.82) is 0 Å². The second-order valence-electron chi connectivity index (χ2n) is 10.9. The number of carbonyl (C=O) groups excluding carboxylic acids is 3. The van der Waals surface area contributed by atoms with Crippen molar-refractivity contribution in [2.75, 3.05) is 48.3 Å². The van der Waals surface area contributed by atoms with Crippen LogP contribution in [0.3, 0.4) is 0 Å². The molecular formula is C29H34ClN5O6. The van der Waals surface area contributed by atoms with Crippen molar-refractivity contribution in [2.45, 2.75) is 50.3 Å². The Labute approximate surface area is 243 Å². The van der Waals surface area contributed by atoms with Crippen molar-refractivity contribution in [1.82, 2.24) is 9.80 Å². The molecule has 0 unspecified atom stereocenters. The highest BCUT2D eigenvalue weighted by atomic mass is 35.5. The van der Waals surface area contributed by atoms with Crippen LogP contribution in [0.1, 0.15) is 31.2 Å². The van der Waals surface area contributed by atoms with Crippen molar-refractivity contribution >= 4 is 52.4 Å². The van der Waals surface area contributed by atoms with Crippen LogP contribution in [0, 0.1) is 0 Å². The van der Waals surface area contributed by atoms with E-state index in [2.05, 4.69) is 4.90 Å². The number of carboxylic acids is 1. The van der Waals surface area contributed by atoms with Gasteiger partial charge < -0.3 is 30.6 Å². The van der Waals surface area contributed by atoms with Gasteiger partial charge in [-0.05, 0) is 61.6 Å². The molecule has 41 heavy (non-hydrogen) atoms. The fraction of sp³-hybridized carbons (Fsp3) is 0.448. The monoisotopic (exact) mass is 583 g/mol. The van der Waals surface area contributed by atoms with Crippen LogP contribution in [-0.4, -0.2) is 94.6 Å². The lowest BCUT2D eigenvalue weighted by atomic mass is 9.91. The number of amides is 3. The second-order valence-corrected chi connectivity index (χ2v) is 11.3. The van der Waals surface area contributed by atoms with Crippen LogP contribution in [0.5, 0.6) is 0 Å². The first-order chi connectivity index (χ1) is 19.6. The maximum absolute atomic E-state index is 13.0. The van der Waals surface area contributed by atoms with Crippen molar-refractivity contribution in [3.05, 3.63) is 53.1 Å². The van der Waals surface area contributed by atoms with Gasteiger partial charge in [-0.1, -0.05) is 23.7 Å². The van der Waals surface area contributed by atoms with E-state index in [9.17, 15) is 29.4 Å². The van der Waals surface area contributed by atoms with Crippen LogP contribution in [0.25, 0.3) is 0 Å². The molecule has 0 radical (unpaired) electrons. The molecule has 1 saturated carbocycles. The Morgan fingerprint density at radius 1 is 0.927 bits per heavy atom. The van der Waals surface area contributed by atoms with Gasteiger partial charge in [0.2, 0.25) is 5.91 Å². The summed E-state index contributed by atoms with van der Waals surface area (Å²) >= 11 is 6.04. The smallest absolute Gasteiger partial charge is 0.326 e. The normalized spacial score (nSPS) is 23.2. The Morgan fingerprint density at radius 2 is 1.61 bits per heavy atom. The van der Waals surface area contributed by atoms with E-state index < -0.39 is 23.8 Å². The van der Waals surface area contributed by atoms with Crippen LogP contribution < -0.4 is 15.5 Å². The van der Waals surface area contributed by atoms with Gasteiger partial charge in [0, 0.05) is 49.4 Å². The van der Waals surface area contributed by atoms with Gasteiger partial charge >= 0.3 is 17.8 Å². The molecule has 11 nitrogen and oxygen atoms in total. The summed E-state index contributed by atoms with van der Waals surface area (Å²) in [5.41, 5.74) is 7.97. The molecule has 3 aliphatic rings. The van der Waals surface area contributed by atoms with Crippen molar-refractivity contribution in [3.8, 4) is 0 Å². The number of hydrogen-bond donors (Lipinski definition) is 3. The first-order valence-electron chi connectivity index (χ1n) is 13.8. The highest BCUT2D eigenvalue weighted by Gasteiger charge is 2.40. The summed E-state index contributed by atoms with van der Waals surface area (Å²) < 4.78 is 0. The number of aliphatic carboxylic acids is 1. The zero-order valence-electron chi connectivity index (χ0n) is 22.6. The fourth-order valence-electron chi connectivity index (χ4n) is 5.99. The van der Waals surface area contributed by atoms with E-state index in [4.69, 9.17) is 17.3 Å². The number of aliphatic hydroxyl groups excluding tert-OH is 1. The Bertz CT molecular complexity index is 1330. The summed E-state index contributed by atoms with van der Waals surface area (Å²) in [6.45, 7) is 1.72. The average Bonchev–Trinajstić information content (AvgIpc) is 2.95. The average molecular weight is 584 g/mol. The Hall–Kier alpha value is -3.67. The molecule has 2 saturated heterocycles. The molecule has 4 N–H and O–H groups in total. The van der Waals surface area contributed by atoms with Crippen LogP contribution in [-0.2, 0) is 25.6 Å². The number of carbonyl (C=O) groups is 4. The number of nitrogen functional groups attached to an aromatic ring is 1. The Morgan fingerprint density at radius 3 is 2.27 bits per heavy atom. The number of rotatable bonds is 7. The summed E-state index contributed by atoms with van der Waals surface area (Å²) in [5.74, 6) is -3.00. The molecule has 2 heterocycles. The van der Waals surface area contributed by atoms with Gasteiger partial charge in [0.05, 0.1) is 24.0 Å². The topological polar surface area (TPSA) is 148 Å². The summed E-state index contributed by atoms with van der Waals surface area (Å²) in [4.78, 5) is 57.4. The lowest BCUT2D eigenvalue weighted by Crippen LogP contribution is -2.59. The van der Waals surface area contributed by atoms with E-state index in [1.165, 1.54) is 11.0 Å². The second kappa shape index (κ2) is 12.1. The molecule has 3 amide bonds. The van der Waals surface area contributed by atoms with E-state index in [1.54, 1.807) is 41.3 Å².